The molecule has 3 unspecified atom stereocenters. The number of carbonyl (C=O) groups is 2. The number of methoxy groups -OCH3 is 1. The van der Waals surface area contributed by atoms with Gasteiger partial charge in [0.1, 0.15) is 23.7 Å². The maximum Gasteiger partial charge on any atom is 0.247 e. The van der Waals surface area contributed by atoms with Crippen molar-refractivity contribution >= 4 is 34.4 Å². The lowest BCUT2D eigenvalue weighted by Crippen LogP contribution is -2.56. The molecule has 4 rings (SSSR count). The quantitative estimate of drug-likeness (QED) is 0.323. The van der Waals surface area contributed by atoms with Crippen molar-refractivity contribution < 1.29 is 29.3 Å². The Labute approximate surface area is 243 Å². The molecule has 0 saturated heterocycles. The van der Waals surface area contributed by atoms with E-state index in [9.17, 15) is 19.8 Å². The Morgan fingerprint density at radius 2 is 1.90 bits per heavy atom. The Morgan fingerprint density at radius 1 is 1.13 bits per heavy atom. The van der Waals surface area contributed by atoms with Crippen LogP contribution in [0.25, 0.3) is 0 Å². The van der Waals surface area contributed by atoms with Gasteiger partial charge >= 0.3 is 0 Å². The topological polar surface area (TPSA) is 108 Å². The number of hydrogen-bond donors (Lipinski definition) is 3. The molecule has 0 aliphatic heterocycles. The zero-order valence-electron chi connectivity index (χ0n) is 22.2. The molecule has 210 valence electrons. The third-order valence-corrected chi connectivity index (χ3v) is 8.37. The fraction of sp³-hybridized carbons (Fsp3) is 0.467. The molecule has 0 aromatic heterocycles. The number of hydrogen-bond acceptors (Lipinski definition) is 6. The Hall–Kier alpha value is -2.63. The molecule has 3 N–H and O–H groups in total. The molecule has 3 atom stereocenters. The first-order valence-electron chi connectivity index (χ1n) is 13.5. The second-order valence-electron chi connectivity index (χ2n) is 10.1. The normalized spacial score (nSPS) is 21.2. The van der Waals surface area contributed by atoms with Gasteiger partial charge in [-0.2, -0.15) is 0 Å². The number of ether oxygens (including phenoxy) is 2. The molecule has 39 heavy (non-hydrogen) atoms. The summed E-state index contributed by atoms with van der Waals surface area (Å²) < 4.78 is 12.5. The number of rotatable bonds is 11. The summed E-state index contributed by atoms with van der Waals surface area (Å²) in [6, 6.07) is 14.6. The van der Waals surface area contributed by atoms with Crippen molar-refractivity contribution in [2.24, 2.45) is 5.92 Å². The van der Waals surface area contributed by atoms with Gasteiger partial charge in [0.2, 0.25) is 11.8 Å². The van der Waals surface area contributed by atoms with Gasteiger partial charge in [-0.1, -0.05) is 37.1 Å². The zero-order valence-corrected chi connectivity index (χ0v) is 24.4. The van der Waals surface area contributed by atoms with Gasteiger partial charge in [0.05, 0.1) is 23.3 Å². The van der Waals surface area contributed by atoms with Crippen LogP contribution in [0.3, 0.4) is 0 Å². The third kappa shape index (κ3) is 7.52. The average molecular weight is 649 g/mol. The zero-order chi connectivity index (χ0) is 27.8. The molecule has 0 bridgehead atoms. The summed E-state index contributed by atoms with van der Waals surface area (Å²) in [4.78, 5) is 28.7. The van der Waals surface area contributed by atoms with Crippen LogP contribution >= 0.6 is 22.6 Å². The van der Waals surface area contributed by atoms with Crippen LogP contribution in [0.4, 0.5) is 0 Å². The monoisotopic (exact) mass is 648 g/mol. The van der Waals surface area contributed by atoms with Gasteiger partial charge in [-0.25, -0.2) is 0 Å². The first-order chi connectivity index (χ1) is 18.9. The van der Waals surface area contributed by atoms with Crippen molar-refractivity contribution in [1.29, 1.82) is 0 Å². The molecule has 1 fully saturated rings. The van der Waals surface area contributed by atoms with Gasteiger partial charge in [0.15, 0.2) is 0 Å². The summed E-state index contributed by atoms with van der Waals surface area (Å²) in [7, 11) is 1.62. The van der Waals surface area contributed by atoms with Crippen LogP contribution in [-0.2, 0) is 16.0 Å². The summed E-state index contributed by atoms with van der Waals surface area (Å²) >= 11 is 2.17. The number of aliphatic hydroxyl groups is 2. The summed E-state index contributed by atoms with van der Waals surface area (Å²) in [5, 5.41) is 23.6. The van der Waals surface area contributed by atoms with Gasteiger partial charge in [0, 0.05) is 31.0 Å². The molecule has 8 nitrogen and oxygen atoms in total. The van der Waals surface area contributed by atoms with Gasteiger partial charge in [0.25, 0.3) is 0 Å². The van der Waals surface area contributed by atoms with E-state index in [2.05, 4.69) is 27.9 Å². The van der Waals surface area contributed by atoms with Crippen LogP contribution in [-0.4, -0.2) is 72.0 Å². The van der Waals surface area contributed by atoms with Crippen molar-refractivity contribution in [3.8, 4) is 11.5 Å². The third-order valence-electron chi connectivity index (χ3n) is 7.48. The summed E-state index contributed by atoms with van der Waals surface area (Å²) in [5.74, 6) is 0.937. The highest BCUT2D eigenvalue weighted by atomic mass is 127. The van der Waals surface area contributed by atoms with E-state index < -0.39 is 18.2 Å². The number of benzene rings is 2. The van der Waals surface area contributed by atoms with Gasteiger partial charge in [-0.05, 0) is 77.8 Å². The van der Waals surface area contributed by atoms with Crippen LogP contribution in [0.2, 0.25) is 0 Å². The lowest BCUT2D eigenvalue weighted by atomic mass is 9.87. The second-order valence-corrected chi connectivity index (χ2v) is 11.2. The van der Waals surface area contributed by atoms with Crippen LogP contribution in [0.1, 0.15) is 37.7 Å². The van der Waals surface area contributed by atoms with E-state index in [4.69, 9.17) is 9.47 Å². The van der Waals surface area contributed by atoms with Gasteiger partial charge in [-0.15, -0.1) is 0 Å². The number of carbonyl (C=O) groups excluding carboxylic acids is 2. The van der Waals surface area contributed by atoms with Crippen molar-refractivity contribution in [1.82, 2.24) is 10.2 Å². The summed E-state index contributed by atoms with van der Waals surface area (Å²) in [5.41, 5.74) is 1.45. The van der Waals surface area contributed by atoms with Crippen LogP contribution in [0.15, 0.2) is 60.2 Å². The van der Waals surface area contributed by atoms with Crippen molar-refractivity contribution in [2.45, 2.75) is 56.8 Å². The molecule has 0 radical (unpaired) electrons. The van der Waals surface area contributed by atoms with E-state index in [1.807, 2.05) is 48.5 Å². The number of aliphatic hydroxyl groups excluding tert-OH is 2. The Morgan fingerprint density at radius 3 is 2.62 bits per heavy atom. The fourth-order valence-corrected chi connectivity index (χ4v) is 5.91. The summed E-state index contributed by atoms with van der Waals surface area (Å²) in [6.07, 6.45) is 4.25. The largest absolute Gasteiger partial charge is 0.497 e. The maximum atomic E-state index is 13.9. The lowest BCUT2D eigenvalue weighted by Gasteiger charge is -2.41. The van der Waals surface area contributed by atoms with Crippen molar-refractivity contribution in [3.05, 3.63) is 69.3 Å². The molecule has 2 aromatic rings. The van der Waals surface area contributed by atoms with Crippen LogP contribution < -0.4 is 14.8 Å². The Bertz CT molecular complexity index is 1170. The van der Waals surface area contributed by atoms with Crippen LogP contribution in [0, 0.1) is 9.49 Å². The number of halogens is 1. The Kier molecular flexibility index (Phi) is 10.6. The fourth-order valence-electron chi connectivity index (χ4n) is 5.39. The molecule has 2 aliphatic rings. The molecule has 2 aliphatic carbocycles. The maximum absolute atomic E-state index is 13.9. The highest BCUT2D eigenvalue weighted by molar-refractivity contribution is 14.1. The molecule has 9 heteroatoms. The second kappa shape index (κ2) is 14.1. The minimum atomic E-state index is -1.04. The van der Waals surface area contributed by atoms with Gasteiger partial charge in [-0.3, -0.25) is 9.59 Å². The minimum Gasteiger partial charge on any atom is -0.497 e. The highest BCUT2D eigenvalue weighted by Crippen LogP contribution is 2.33. The predicted octanol–water partition coefficient (Wildman–Crippen LogP) is 3.48. The minimum absolute atomic E-state index is 0.0181. The summed E-state index contributed by atoms with van der Waals surface area (Å²) in [6.45, 7) is 0.331. The van der Waals surface area contributed by atoms with Gasteiger partial charge < -0.3 is 29.9 Å². The molecule has 1 saturated carbocycles. The molecular weight excluding hydrogens is 611 g/mol. The standard InChI is InChI=1S/C30H37IN2O6/c1-38-23-10-6-7-20(17-23)13-15-33(30(37)21-8-2-3-9-21)25-18-22(29(36)32-14-16-34)19-27(28(25)35)39-26-12-5-4-11-24(26)31/h4-7,10-12,17,19,21,25,27-28,34-35H,2-3,8-9,13-16,18H2,1H3,(H,32,36). The number of amides is 2. The smallest absolute Gasteiger partial charge is 0.247 e. The molecule has 0 spiro atoms. The van der Waals surface area contributed by atoms with E-state index in [0.717, 1.165) is 40.6 Å². The molecule has 0 heterocycles. The number of nitrogens with one attached hydrogen (secondary N) is 1. The average Bonchev–Trinajstić information content (AvgIpc) is 3.50. The predicted molar refractivity (Wildman–Crippen MR) is 157 cm³/mol. The molecular formula is C30H37IN2O6. The molecule has 2 aromatic carbocycles. The lowest BCUT2D eigenvalue weighted by molar-refractivity contribution is -0.142. The number of nitrogens with zero attached hydrogens (tertiary/aromatic N) is 1. The first-order valence-corrected chi connectivity index (χ1v) is 14.6. The first kappa shape index (κ1) is 29.4. The van der Waals surface area contributed by atoms with Crippen LogP contribution in [0.5, 0.6) is 11.5 Å². The van der Waals surface area contributed by atoms with E-state index >= 15 is 0 Å². The van der Waals surface area contributed by atoms with E-state index in [0.29, 0.717) is 24.3 Å². The Balaban J connectivity index is 1.64. The van der Waals surface area contributed by atoms with Crippen molar-refractivity contribution in [2.75, 3.05) is 26.8 Å². The van der Waals surface area contributed by atoms with E-state index in [1.165, 1.54) is 0 Å². The van der Waals surface area contributed by atoms with E-state index in [-0.39, 0.29) is 37.3 Å². The van der Waals surface area contributed by atoms with Crippen molar-refractivity contribution in [3.63, 3.8) is 0 Å². The highest BCUT2D eigenvalue weighted by Gasteiger charge is 2.42. The SMILES string of the molecule is COc1cccc(CCN(C(=O)C2CCCC2)C2CC(C(=O)NCCO)=CC(Oc3ccccc3I)C2O)c1. The molecule has 2 amide bonds. The van der Waals surface area contributed by atoms with E-state index in [1.54, 1.807) is 18.1 Å². The number of para-hydroxylation sites is 1.